The summed E-state index contributed by atoms with van der Waals surface area (Å²) in [5.41, 5.74) is 1.13. The van der Waals surface area contributed by atoms with E-state index >= 15 is 0 Å². The molecule has 6 heteroatoms. The molecule has 0 amide bonds. The van der Waals surface area contributed by atoms with Crippen molar-refractivity contribution < 1.29 is 9.90 Å². The highest BCUT2D eigenvalue weighted by Crippen LogP contribution is 2.21. The van der Waals surface area contributed by atoms with E-state index in [1.807, 2.05) is 36.2 Å². The zero-order valence-corrected chi connectivity index (χ0v) is 11.2. The van der Waals surface area contributed by atoms with Crippen LogP contribution in [0.1, 0.15) is 16.1 Å². The largest absolute Gasteiger partial charge is 0.476 e. The van der Waals surface area contributed by atoms with Gasteiger partial charge in [0.15, 0.2) is 10.8 Å². The van der Waals surface area contributed by atoms with Gasteiger partial charge in [-0.25, -0.2) is 9.78 Å². The summed E-state index contributed by atoms with van der Waals surface area (Å²) in [6.45, 7) is 0.632. The van der Waals surface area contributed by atoms with Crippen LogP contribution in [0.25, 0.3) is 0 Å². The lowest BCUT2D eigenvalue weighted by molar-refractivity contribution is 0.0691. The van der Waals surface area contributed by atoms with E-state index in [1.54, 1.807) is 0 Å². The number of hydrogen-bond acceptors (Lipinski definition) is 4. The summed E-state index contributed by atoms with van der Waals surface area (Å²) in [4.78, 5) is 16.7. The molecule has 0 atom stereocenters. The topological polar surface area (TPSA) is 53.4 Å². The molecule has 2 rings (SSSR count). The Bertz CT molecular complexity index is 571. The summed E-state index contributed by atoms with van der Waals surface area (Å²) >= 11 is 7.22. The van der Waals surface area contributed by atoms with Crippen LogP contribution in [0.2, 0.25) is 5.02 Å². The number of rotatable bonds is 4. The number of aromatic nitrogens is 1. The molecule has 0 fully saturated rings. The van der Waals surface area contributed by atoms with Crippen LogP contribution in [0.5, 0.6) is 0 Å². The number of thiazole rings is 1. The molecule has 0 spiro atoms. The number of nitrogens with zero attached hydrogens (tertiary/aromatic N) is 2. The molecule has 94 valence electrons. The Hall–Kier alpha value is -1.59. The van der Waals surface area contributed by atoms with E-state index < -0.39 is 5.97 Å². The second kappa shape index (κ2) is 5.37. The quantitative estimate of drug-likeness (QED) is 0.936. The van der Waals surface area contributed by atoms with E-state index in [0.29, 0.717) is 16.7 Å². The molecule has 0 saturated carbocycles. The van der Waals surface area contributed by atoms with Gasteiger partial charge in [0.1, 0.15) is 0 Å². The number of carboxylic acid groups (broad SMARTS) is 1. The predicted molar refractivity (Wildman–Crippen MR) is 72.6 cm³/mol. The molecule has 1 heterocycles. The van der Waals surface area contributed by atoms with E-state index in [-0.39, 0.29) is 5.69 Å². The van der Waals surface area contributed by atoms with E-state index in [1.165, 1.54) is 16.7 Å². The molecule has 0 saturated heterocycles. The predicted octanol–water partition coefficient (Wildman–Crippen LogP) is 3.13. The summed E-state index contributed by atoms with van der Waals surface area (Å²) in [7, 11) is 1.87. The highest BCUT2D eigenvalue weighted by atomic mass is 35.5. The number of aromatic carboxylic acids is 1. The van der Waals surface area contributed by atoms with Crippen molar-refractivity contribution >= 4 is 34.0 Å². The van der Waals surface area contributed by atoms with Gasteiger partial charge in [-0.15, -0.1) is 11.3 Å². The number of hydrogen-bond donors (Lipinski definition) is 1. The number of benzene rings is 1. The molecule has 1 aromatic carbocycles. The van der Waals surface area contributed by atoms with Gasteiger partial charge in [-0.2, -0.15) is 0 Å². The third kappa shape index (κ3) is 3.00. The Morgan fingerprint density at radius 1 is 1.56 bits per heavy atom. The first-order chi connectivity index (χ1) is 8.56. The minimum absolute atomic E-state index is 0.0768. The molecule has 0 bridgehead atoms. The summed E-state index contributed by atoms with van der Waals surface area (Å²) in [6, 6.07) is 7.55. The number of halogens is 1. The van der Waals surface area contributed by atoms with Crippen LogP contribution in [0.3, 0.4) is 0 Å². The van der Waals surface area contributed by atoms with Gasteiger partial charge in [-0.3, -0.25) is 0 Å². The van der Waals surface area contributed by atoms with Gasteiger partial charge in [0.2, 0.25) is 0 Å². The molecular formula is C12H11ClN2O2S. The first-order valence-corrected chi connectivity index (χ1v) is 6.46. The van der Waals surface area contributed by atoms with Crippen molar-refractivity contribution in [2.45, 2.75) is 6.54 Å². The Balaban J connectivity index is 2.11. The lowest BCUT2D eigenvalue weighted by Crippen LogP contribution is -2.16. The van der Waals surface area contributed by atoms with Gasteiger partial charge < -0.3 is 10.0 Å². The summed E-state index contributed by atoms with van der Waals surface area (Å²) in [5.74, 6) is -1.01. The maximum Gasteiger partial charge on any atom is 0.355 e. The summed E-state index contributed by atoms with van der Waals surface area (Å²) in [5, 5.41) is 11.7. The fourth-order valence-electron chi connectivity index (χ4n) is 1.51. The van der Waals surface area contributed by atoms with Crippen LogP contribution < -0.4 is 4.90 Å². The zero-order valence-electron chi connectivity index (χ0n) is 9.63. The number of carbonyl (C=O) groups is 1. The standard InChI is InChI=1S/C12H11ClN2O2S/c1-15(6-8-3-2-4-9(13)5-8)12-14-10(7-18-12)11(16)17/h2-5,7H,6H2,1H3,(H,16,17). The first kappa shape index (κ1) is 12.9. The molecule has 0 aliphatic carbocycles. The Morgan fingerprint density at radius 2 is 2.33 bits per heavy atom. The van der Waals surface area contributed by atoms with E-state index in [9.17, 15) is 4.79 Å². The van der Waals surface area contributed by atoms with E-state index in [0.717, 1.165) is 5.56 Å². The Kier molecular flexibility index (Phi) is 3.84. The third-order valence-corrected chi connectivity index (χ3v) is 3.54. The maximum atomic E-state index is 10.7. The van der Waals surface area contributed by atoms with Crippen LogP contribution in [0.4, 0.5) is 5.13 Å². The normalized spacial score (nSPS) is 10.3. The van der Waals surface area contributed by atoms with Gasteiger partial charge in [0, 0.05) is 24.0 Å². The zero-order chi connectivity index (χ0) is 13.1. The van der Waals surface area contributed by atoms with Crippen LogP contribution in [0.15, 0.2) is 29.6 Å². The minimum atomic E-state index is -1.01. The van der Waals surface area contributed by atoms with Gasteiger partial charge in [-0.05, 0) is 17.7 Å². The fraction of sp³-hybridized carbons (Fsp3) is 0.167. The number of carboxylic acids is 1. The van der Waals surface area contributed by atoms with Crippen LogP contribution in [0, 0.1) is 0 Å². The second-order valence-corrected chi connectivity index (χ2v) is 5.08. The summed E-state index contributed by atoms with van der Waals surface area (Å²) in [6.07, 6.45) is 0. The van der Waals surface area contributed by atoms with Crippen LogP contribution in [-0.4, -0.2) is 23.1 Å². The first-order valence-electron chi connectivity index (χ1n) is 5.20. The number of anilines is 1. The Labute approximate surface area is 113 Å². The van der Waals surface area contributed by atoms with Crippen LogP contribution >= 0.6 is 22.9 Å². The van der Waals surface area contributed by atoms with Crippen molar-refractivity contribution in [2.75, 3.05) is 11.9 Å². The smallest absolute Gasteiger partial charge is 0.355 e. The summed E-state index contributed by atoms with van der Waals surface area (Å²) < 4.78 is 0. The highest BCUT2D eigenvalue weighted by molar-refractivity contribution is 7.13. The van der Waals surface area contributed by atoms with Crippen molar-refractivity contribution in [2.24, 2.45) is 0 Å². The molecule has 2 aromatic rings. The molecular weight excluding hydrogens is 272 g/mol. The minimum Gasteiger partial charge on any atom is -0.476 e. The molecule has 18 heavy (non-hydrogen) atoms. The average molecular weight is 283 g/mol. The lowest BCUT2D eigenvalue weighted by Gasteiger charge is -2.15. The van der Waals surface area contributed by atoms with E-state index in [2.05, 4.69) is 4.98 Å². The second-order valence-electron chi connectivity index (χ2n) is 3.81. The Morgan fingerprint density at radius 3 is 2.94 bits per heavy atom. The van der Waals surface area contributed by atoms with E-state index in [4.69, 9.17) is 16.7 Å². The average Bonchev–Trinajstić information content (AvgIpc) is 2.78. The van der Waals surface area contributed by atoms with Gasteiger partial charge >= 0.3 is 5.97 Å². The lowest BCUT2D eigenvalue weighted by atomic mass is 10.2. The van der Waals surface area contributed by atoms with Crippen molar-refractivity contribution in [1.29, 1.82) is 0 Å². The SMILES string of the molecule is CN(Cc1cccc(Cl)c1)c1nc(C(=O)O)cs1. The molecule has 0 aliphatic heterocycles. The van der Waals surface area contributed by atoms with Gasteiger partial charge in [0.05, 0.1) is 0 Å². The third-order valence-electron chi connectivity index (χ3n) is 2.35. The molecule has 4 nitrogen and oxygen atoms in total. The monoisotopic (exact) mass is 282 g/mol. The van der Waals surface area contributed by atoms with Crippen LogP contribution in [-0.2, 0) is 6.54 Å². The van der Waals surface area contributed by atoms with Crippen molar-refractivity contribution in [3.05, 3.63) is 45.9 Å². The maximum absolute atomic E-state index is 10.7. The van der Waals surface area contributed by atoms with Crippen molar-refractivity contribution in [3.8, 4) is 0 Å². The van der Waals surface area contributed by atoms with Crippen molar-refractivity contribution in [3.63, 3.8) is 0 Å². The highest BCUT2D eigenvalue weighted by Gasteiger charge is 2.11. The molecule has 1 N–H and O–H groups in total. The van der Waals surface area contributed by atoms with Crippen molar-refractivity contribution in [1.82, 2.24) is 4.98 Å². The fourth-order valence-corrected chi connectivity index (χ4v) is 2.49. The molecule has 1 aromatic heterocycles. The van der Waals surface area contributed by atoms with Gasteiger partial charge in [-0.1, -0.05) is 23.7 Å². The van der Waals surface area contributed by atoms with Gasteiger partial charge in [0.25, 0.3) is 0 Å². The molecule has 0 radical (unpaired) electrons. The molecule has 0 aliphatic rings. The molecule has 0 unspecified atom stereocenters.